The zero-order chi connectivity index (χ0) is 22.8. The number of rotatable bonds is 6. The summed E-state index contributed by atoms with van der Waals surface area (Å²) in [4.78, 5) is 35.0. The fourth-order valence-corrected chi connectivity index (χ4v) is 3.80. The summed E-state index contributed by atoms with van der Waals surface area (Å²) in [6.45, 7) is 5.91. The molecule has 0 bridgehead atoms. The molecule has 164 valence electrons. The third-order valence-electron chi connectivity index (χ3n) is 5.89. The van der Waals surface area contributed by atoms with Gasteiger partial charge in [-0.2, -0.15) is 0 Å². The van der Waals surface area contributed by atoms with Gasteiger partial charge in [0.15, 0.2) is 0 Å². The molecule has 0 fully saturated rings. The standard InChI is InChI=1S/C25H26N4O3/c1-4-18(12-17-13-27-22-8-6-5-7-20(17)22)26-14-21-23(30)28-25(32)29(24(21)31)19-10-9-15(2)16(3)11-19/h5-11,13-14,18,27,31H,4,12H2,1-3H3,(H,28,30,32). The fraction of sp³-hybridized carbons (Fsp3) is 0.240. The molecule has 2 aromatic heterocycles. The van der Waals surface area contributed by atoms with Gasteiger partial charge < -0.3 is 10.1 Å². The summed E-state index contributed by atoms with van der Waals surface area (Å²) < 4.78 is 1.09. The summed E-state index contributed by atoms with van der Waals surface area (Å²) in [5.41, 5.74) is 3.32. The van der Waals surface area contributed by atoms with Gasteiger partial charge in [-0.05, 0) is 61.6 Å². The Balaban J connectivity index is 1.69. The van der Waals surface area contributed by atoms with Crippen LogP contribution in [0.5, 0.6) is 5.88 Å². The van der Waals surface area contributed by atoms with Crippen LogP contribution in [-0.2, 0) is 6.42 Å². The number of nitrogens with zero attached hydrogens (tertiary/aromatic N) is 2. The van der Waals surface area contributed by atoms with Gasteiger partial charge in [0.25, 0.3) is 5.56 Å². The molecule has 4 rings (SSSR count). The number of aliphatic imine (C=N–C) groups is 1. The van der Waals surface area contributed by atoms with Crippen molar-refractivity contribution < 1.29 is 5.11 Å². The maximum absolute atomic E-state index is 12.4. The Hall–Kier alpha value is -3.87. The van der Waals surface area contributed by atoms with E-state index in [0.29, 0.717) is 12.1 Å². The molecule has 2 aromatic carbocycles. The normalized spacial score (nSPS) is 12.6. The maximum atomic E-state index is 12.4. The van der Waals surface area contributed by atoms with Crippen molar-refractivity contribution in [2.24, 2.45) is 4.99 Å². The van der Waals surface area contributed by atoms with E-state index in [1.54, 1.807) is 12.1 Å². The second kappa shape index (κ2) is 8.70. The molecular formula is C25H26N4O3. The zero-order valence-electron chi connectivity index (χ0n) is 18.3. The van der Waals surface area contributed by atoms with Crippen LogP contribution in [0.2, 0.25) is 0 Å². The van der Waals surface area contributed by atoms with Crippen molar-refractivity contribution in [1.29, 1.82) is 0 Å². The highest BCUT2D eigenvalue weighted by molar-refractivity contribution is 5.84. The van der Waals surface area contributed by atoms with Crippen molar-refractivity contribution in [2.75, 3.05) is 0 Å². The molecule has 4 aromatic rings. The molecule has 0 spiro atoms. The number of aromatic amines is 2. The van der Waals surface area contributed by atoms with E-state index in [1.807, 2.05) is 51.2 Å². The first-order chi connectivity index (χ1) is 15.4. The number of aromatic hydroxyl groups is 1. The van der Waals surface area contributed by atoms with Crippen LogP contribution in [-0.4, -0.2) is 31.9 Å². The van der Waals surface area contributed by atoms with Gasteiger partial charge in [0, 0.05) is 23.3 Å². The first kappa shape index (κ1) is 21.4. The van der Waals surface area contributed by atoms with Crippen molar-refractivity contribution in [3.05, 3.63) is 91.8 Å². The van der Waals surface area contributed by atoms with Gasteiger partial charge in [0.05, 0.1) is 11.7 Å². The smallest absolute Gasteiger partial charge is 0.335 e. The van der Waals surface area contributed by atoms with Gasteiger partial charge in [-0.1, -0.05) is 31.2 Å². The van der Waals surface area contributed by atoms with E-state index in [0.717, 1.165) is 38.6 Å². The van der Waals surface area contributed by atoms with Gasteiger partial charge in [-0.3, -0.25) is 14.8 Å². The molecule has 0 aliphatic carbocycles. The predicted molar refractivity (Wildman–Crippen MR) is 127 cm³/mol. The summed E-state index contributed by atoms with van der Waals surface area (Å²) in [6, 6.07) is 13.4. The van der Waals surface area contributed by atoms with Crippen molar-refractivity contribution in [3.8, 4) is 11.6 Å². The quantitative estimate of drug-likeness (QED) is 0.406. The molecule has 1 atom stereocenters. The SMILES string of the molecule is CCC(Cc1c[nH]c2ccccc12)N=Cc1c(O)n(-c2ccc(C)c(C)c2)c(=O)[nH]c1=O. The number of benzene rings is 2. The molecule has 1 unspecified atom stereocenters. The second-order valence-electron chi connectivity index (χ2n) is 8.00. The second-order valence-corrected chi connectivity index (χ2v) is 8.00. The molecule has 3 N–H and O–H groups in total. The van der Waals surface area contributed by atoms with E-state index in [-0.39, 0.29) is 11.6 Å². The molecule has 0 amide bonds. The zero-order valence-corrected chi connectivity index (χ0v) is 18.3. The van der Waals surface area contributed by atoms with E-state index < -0.39 is 17.1 Å². The lowest BCUT2D eigenvalue weighted by atomic mass is 10.0. The number of para-hydroxylation sites is 1. The molecule has 0 aliphatic rings. The van der Waals surface area contributed by atoms with Crippen LogP contribution in [0.15, 0.2) is 63.2 Å². The lowest BCUT2D eigenvalue weighted by Crippen LogP contribution is -2.31. The largest absolute Gasteiger partial charge is 0.493 e. The Bertz CT molecular complexity index is 1430. The monoisotopic (exact) mass is 430 g/mol. The minimum Gasteiger partial charge on any atom is -0.493 e. The van der Waals surface area contributed by atoms with Crippen LogP contribution in [0.1, 0.15) is 35.6 Å². The van der Waals surface area contributed by atoms with E-state index in [4.69, 9.17) is 0 Å². The molecular weight excluding hydrogens is 404 g/mol. The number of hydrogen-bond acceptors (Lipinski definition) is 4. The highest BCUT2D eigenvalue weighted by Gasteiger charge is 2.16. The van der Waals surface area contributed by atoms with Gasteiger partial charge in [0.1, 0.15) is 5.56 Å². The first-order valence-corrected chi connectivity index (χ1v) is 10.6. The minimum atomic E-state index is -0.696. The molecule has 7 heteroatoms. The summed E-state index contributed by atoms with van der Waals surface area (Å²) in [7, 11) is 0. The third kappa shape index (κ3) is 4.01. The molecule has 0 radical (unpaired) electrons. The van der Waals surface area contributed by atoms with Gasteiger partial charge in [0.2, 0.25) is 5.88 Å². The van der Waals surface area contributed by atoms with Crippen molar-refractivity contribution in [2.45, 2.75) is 39.7 Å². The molecule has 32 heavy (non-hydrogen) atoms. The molecule has 2 heterocycles. The lowest BCUT2D eigenvalue weighted by Gasteiger charge is -2.12. The molecule has 0 saturated heterocycles. The van der Waals surface area contributed by atoms with Crippen molar-refractivity contribution >= 4 is 17.1 Å². The average molecular weight is 431 g/mol. The molecule has 0 aliphatic heterocycles. The molecule has 0 saturated carbocycles. The number of H-pyrrole nitrogens is 2. The summed E-state index contributed by atoms with van der Waals surface area (Å²) in [6.07, 6.45) is 4.79. The Morgan fingerprint density at radius 3 is 2.66 bits per heavy atom. The van der Waals surface area contributed by atoms with Crippen molar-refractivity contribution in [1.82, 2.24) is 14.5 Å². The summed E-state index contributed by atoms with van der Waals surface area (Å²) in [5, 5.41) is 11.9. The predicted octanol–water partition coefficient (Wildman–Crippen LogP) is 3.77. The first-order valence-electron chi connectivity index (χ1n) is 10.6. The highest BCUT2D eigenvalue weighted by atomic mass is 16.3. The summed E-state index contributed by atoms with van der Waals surface area (Å²) in [5.74, 6) is -0.423. The molecule has 7 nitrogen and oxygen atoms in total. The minimum absolute atomic E-state index is 0.0415. The van der Waals surface area contributed by atoms with E-state index in [2.05, 4.69) is 21.0 Å². The van der Waals surface area contributed by atoms with Crippen LogP contribution >= 0.6 is 0 Å². The van der Waals surface area contributed by atoms with E-state index in [1.165, 1.54) is 6.21 Å². The van der Waals surface area contributed by atoms with Crippen LogP contribution in [0.4, 0.5) is 0 Å². The van der Waals surface area contributed by atoms with Gasteiger partial charge >= 0.3 is 5.69 Å². The maximum Gasteiger partial charge on any atom is 0.335 e. The van der Waals surface area contributed by atoms with Crippen molar-refractivity contribution in [3.63, 3.8) is 0 Å². The Morgan fingerprint density at radius 1 is 1.12 bits per heavy atom. The van der Waals surface area contributed by atoms with Gasteiger partial charge in [-0.15, -0.1) is 0 Å². The highest BCUT2D eigenvalue weighted by Crippen LogP contribution is 2.21. The van der Waals surface area contributed by atoms with E-state index in [9.17, 15) is 14.7 Å². The average Bonchev–Trinajstić information content (AvgIpc) is 3.17. The third-order valence-corrected chi connectivity index (χ3v) is 5.89. The Morgan fingerprint density at radius 2 is 1.91 bits per heavy atom. The number of hydrogen-bond donors (Lipinski definition) is 3. The van der Waals surface area contributed by atoms with Crippen LogP contribution in [0, 0.1) is 13.8 Å². The Labute approximate surface area is 185 Å². The van der Waals surface area contributed by atoms with Gasteiger partial charge in [-0.25, -0.2) is 9.36 Å². The Kier molecular flexibility index (Phi) is 5.81. The number of fused-ring (bicyclic) bond motifs is 1. The number of aromatic nitrogens is 3. The lowest BCUT2D eigenvalue weighted by molar-refractivity contribution is 0.430. The van der Waals surface area contributed by atoms with E-state index >= 15 is 0 Å². The van der Waals surface area contributed by atoms with Crippen LogP contribution in [0.25, 0.3) is 16.6 Å². The number of nitrogens with one attached hydrogen (secondary N) is 2. The topological polar surface area (TPSA) is 103 Å². The fourth-order valence-electron chi connectivity index (χ4n) is 3.80. The van der Waals surface area contributed by atoms with Crippen LogP contribution < -0.4 is 11.2 Å². The van der Waals surface area contributed by atoms with Crippen LogP contribution in [0.3, 0.4) is 0 Å². The number of aryl methyl sites for hydroxylation is 2. The summed E-state index contributed by atoms with van der Waals surface area (Å²) >= 11 is 0.